The molecule has 1 saturated heterocycles. The average molecular weight is 387 g/mol. The fraction of sp³-hybridized carbons (Fsp3) is 0.476. The molecule has 2 heterocycles. The fourth-order valence-electron chi connectivity index (χ4n) is 3.48. The standard InChI is InChI=1S/C21H27ClN4O/c1-5-18-16(4)23-19(17-8-6-14(2)7-9-17)24-20(18)25-10-12-26(13-11-25)21(27)15(3)22/h6-9,15H,5,10-13H2,1-4H3. The topological polar surface area (TPSA) is 49.3 Å². The number of aromatic nitrogens is 2. The number of anilines is 1. The average Bonchev–Trinajstić information content (AvgIpc) is 2.67. The van der Waals surface area contributed by atoms with Crippen LogP contribution in [0.3, 0.4) is 0 Å². The van der Waals surface area contributed by atoms with Gasteiger partial charge in [0.1, 0.15) is 11.2 Å². The number of piperazine rings is 1. The Labute approximate surface area is 166 Å². The van der Waals surface area contributed by atoms with E-state index < -0.39 is 5.38 Å². The van der Waals surface area contributed by atoms with E-state index in [0.717, 1.165) is 42.4 Å². The fourth-order valence-corrected chi connectivity index (χ4v) is 3.62. The molecule has 1 atom stereocenters. The highest BCUT2D eigenvalue weighted by atomic mass is 35.5. The van der Waals surface area contributed by atoms with E-state index >= 15 is 0 Å². The van der Waals surface area contributed by atoms with Gasteiger partial charge < -0.3 is 9.80 Å². The molecule has 0 N–H and O–H groups in total. The summed E-state index contributed by atoms with van der Waals surface area (Å²) in [6.07, 6.45) is 0.882. The summed E-state index contributed by atoms with van der Waals surface area (Å²) < 4.78 is 0. The van der Waals surface area contributed by atoms with Crippen molar-refractivity contribution in [3.8, 4) is 11.4 Å². The summed E-state index contributed by atoms with van der Waals surface area (Å²) in [6.45, 7) is 10.8. The number of hydrogen-bond acceptors (Lipinski definition) is 4. The third-order valence-corrected chi connectivity index (χ3v) is 5.27. The maximum absolute atomic E-state index is 12.1. The zero-order valence-corrected chi connectivity index (χ0v) is 17.3. The number of aryl methyl sites for hydroxylation is 2. The molecule has 1 aromatic heterocycles. The second-order valence-corrected chi connectivity index (χ2v) is 7.74. The molecule has 0 radical (unpaired) electrons. The van der Waals surface area contributed by atoms with Gasteiger partial charge in [0.15, 0.2) is 5.82 Å². The second kappa shape index (κ2) is 8.26. The largest absolute Gasteiger partial charge is 0.353 e. The maximum atomic E-state index is 12.1. The first-order valence-corrected chi connectivity index (χ1v) is 9.96. The van der Waals surface area contributed by atoms with E-state index in [1.807, 2.05) is 4.90 Å². The van der Waals surface area contributed by atoms with Crippen molar-refractivity contribution in [2.24, 2.45) is 0 Å². The van der Waals surface area contributed by atoms with Crippen LogP contribution >= 0.6 is 11.6 Å². The second-order valence-electron chi connectivity index (χ2n) is 7.08. The zero-order valence-electron chi connectivity index (χ0n) is 16.5. The summed E-state index contributed by atoms with van der Waals surface area (Å²) in [6, 6.07) is 8.30. The van der Waals surface area contributed by atoms with Gasteiger partial charge in [-0.15, -0.1) is 11.6 Å². The van der Waals surface area contributed by atoms with E-state index in [9.17, 15) is 4.79 Å². The molecule has 27 heavy (non-hydrogen) atoms. The van der Waals surface area contributed by atoms with Crippen LogP contribution in [0.1, 0.15) is 30.7 Å². The van der Waals surface area contributed by atoms with Gasteiger partial charge in [-0.1, -0.05) is 36.8 Å². The highest BCUT2D eigenvalue weighted by Gasteiger charge is 2.26. The van der Waals surface area contributed by atoms with Crippen LogP contribution in [0, 0.1) is 13.8 Å². The molecule has 1 aromatic carbocycles. The van der Waals surface area contributed by atoms with Crippen molar-refractivity contribution in [3.63, 3.8) is 0 Å². The van der Waals surface area contributed by atoms with Crippen molar-refractivity contribution in [2.75, 3.05) is 31.1 Å². The van der Waals surface area contributed by atoms with Crippen LogP contribution in [-0.2, 0) is 11.2 Å². The molecule has 1 unspecified atom stereocenters. The van der Waals surface area contributed by atoms with E-state index in [1.54, 1.807) is 6.92 Å². The minimum absolute atomic E-state index is 0.00578. The molecule has 1 aliphatic heterocycles. The molecule has 1 fully saturated rings. The number of amides is 1. The lowest BCUT2D eigenvalue weighted by molar-refractivity contribution is -0.130. The number of alkyl halides is 1. The zero-order chi connectivity index (χ0) is 19.6. The molecule has 2 aromatic rings. The van der Waals surface area contributed by atoms with Crippen LogP contribution in [0.4, 0.5) is 5.82 Å². The Morgan fingerprint density at radius 3 is 2.30 bits per heavy atom. The Morgan fingerprint density at radius 1 is 1.11 bits per heavy atom. The van der Waals surface area contributed by atoms with Gasteiger partial charge in [-0.3, -0.25) is 4.79 Å². The Bertz CT molecular complexity index is 812. The van der Waals surface area contributed by atoms with Gasteiger partial charge >= 0.3 is 0 Å². The van der Waals surface area contributed by atoms with Gasteiger partial charge in [-0.2, -0.15) is 0 Å². The van der Waals surface area contributed by atoms with Crippen LogP contribution in [-0.4, -0.2) is 52.3 Å². The molecule has 0 aliphatic carbocycles. The Hall–Kier alpha value is -2.14. The van der Waals surface area contributed by atoms with Crippen molar-refractivity contribution in [1.82, 2.24) is 14.9 Å². The lowest BCUT2D eigenvalue weighted by Gasteiger charge is -2.37. The van der Waals surface area contributed by atoms with Crippen LogP contribution in [0.15, 0.2) is 24.3 Å². The van der Waals surface area contributed by atoms with Crippen LogP contribution in [0.2, 0.25) is 0 Å². The summed E-state index contributed by atoms with van der Waals surface area (Å²) in [5.41, 5.74) is 4.44. The predicted molar refractivity (Wildman–Crippen MR) is 110 cm³/mol. The Kier molecular flexibility index (Phi) is 6.00. The van der Waals surface area contributed by atoms with E-state index in [0.29, 0.717) is 13.1 Å². The van der Waals surface area contributed by atoms with Crippen molar-refractivity contribution < 1.29 is 4.79 Å². The van der Waals surface area contributed by atoms with E-state index in [2.05, 4.69) is 49.9 Å². The van der Waals surface area contributed by atoms with Gasteiger partial charge in [0, 0.05) is 43.0 Å². The molecule has 0 saturated carbocycles. The first-order valence-electron chi connectivity index (χ1n) is 9.53. The predicted octanol–water partition coefficient (Wildman–Crippen LogP) is 3.60. The maximum Gasteiger partial charge on any atom is 0.240 e. The summed E-state index contributed by atoms with van der Waals surface area (Å²) in [7, 11) is 0. The van der Waals surface area contributed by atoms with Crippen LogP contribution in [0.25, 0.3) is 11.4 Å². The Balaban J connectivity index is 1.88. The lowest BCUT2D eigenvalue weighted by Crippen LogP contribution is -2.51. The van der Waals surface area contributed by atoms with Crippen LogP contribution in [0.5, 0.6) is 0 Å². The highest BCUT2D eigenvalue weighted by molar-refractivity contribution is 6.30. The molecule has 0 spiro atoms. The van der Waals surface area contributed by atoms with Crippen molar-refractivity contribution in [1.29, 1.82) is 0 Å². The molecular weight excluding hydrogens is 360 g/mol. The summed E-state index contributed by atoms with van der Waals surface area (Å²) in [4.78, 5) is 25.9. The molecule has 3 rings (SSSR count). The molecule has 144 valence electrons. The lowest BCUT2D eigenvalue weighted by atomic mass is 10.1. The van der Waals surface area contributed by atoms with Gasteiger partial charge in [0.25, 0.3) is 0 Å². The van der Waals surface area contributed by atoms with Crippen molar-refractivity contribution in [2.45, 2.75) is 39.5 Å². The number of halogens is 1. The van der Waals surface area contributed by atoms with Gasteiger partial charge in [0.05, 0.1) is 0 Å². The molecule has 5 nitrogen and oxygen atoms in total. The normalized spacial score (nSPS) is 15.7. The highest BCUT2D eigenvalue weighted by Crippen LogP contribution is 2.27. The van der Waals surface area contributed by atoms with Gasteiger partial charge in [-0.25, -0.2) is 9.97 Å². The molecular formula is C21H27ClN4O. The minimum Gasteiger partial charge on any atom is -0.353 e. The molecule has 1 amide bonds. The summed E-state index contributed by atoms with van der Waals surface area (Å²) in [5.74, 6) is 1.76. The van der Waals surface area contributed by atoms with Crippen LogP contribution < -0.4 is 4.90 Å². The third-order valence-electron chi connectivity index (χ3n) is 5.09. The smallest absolute Gasteiger partial charge is 0.240 e. The number of carbonyl (C=O) groups is 1. The monoisotopic (exact) mass is 386 g/mol. The third kappa shape index (κ3) is 4.24. The summed E-state index contributed by atoms with van der Waals surface area (Å²) in [5, 5.41) is -0.475. The van der Waals surface area contributed by atoms with Gasteiger partial charge in [0.2, 0.25) is 5.91 Å². The van der Waals surface area contributed by atoms with E-state index in [4.69, 9.17) is 21.6 Å². The quantitative estimate of drug-likeness (QED) is 0.753. The van der Waals surface area contributed by atoms with Crippen molar-refractivity contribution >= 4 is 23.3 Å². The first kappa shape index (κ1) is 19.6. The number of benzene rings is 1. The SMILES string of the molecule is CCc1c(C)nc(-c2ccc(C)cc2)nc1N1CCN(C(=O)C(C)Cl)CC1. The first-order chi connectivity index (χ1) is 12.9. The van der Waals surface area contributed by atoms with E-state index in [-0.39, 0.29) is 5.91 Å². The molecule has 0 bridgehead atoms. The molecule has 6 heteroatoms. The van der Waals surface area contributed by atoms with Gasteiger partial charge in [-0.05, 0) is 27.2 Å². The number of nitrogens with zero attached hydrogens (tertiary/aromatic N) is 4. The number of rotatable bonds is 4. The Morgan fingerprint density at radius 2 is 1.74 bits per heavy atom. The van der Waals surface area contributed by atoms with E-state index in [1.165, 1.54) is 11.1 Å². The van der Waals surface area contributed by atoms with Crippen molar-refractivity contribution in [3.05, 3.63) is 41.1 Å². The number of carbonyl (C=O) groups excluding carboxylic acids is 1. The summed E-state index contributed by atoms with van der Waals surface area (Å²) >= 11 is 5.96. The molecule has 1 aliphatic rings. The minimum atomic E-state index is -0.475. The number of hydrogen-bond donors (Lipinski definition) is 0.